The van der Waals surface area contributed by atoms with E-state index in [0.29, 0.717) is 17.9 Å². The number of hydrogen-bond donors (Lipinski definition) is 2. The second kappa shape index (κ2) is 7.61. The van der Waals surface area contributed by atoms with Crippen LogP contribution in [0.1, 0.15) is 22.8 Å². The molecule has 22 heavy (non-hydrogen) atoms. The molecule has 1 atom stereocenters. The summed E-state index contributed by atoms with van der Waals surface area (Å²) in [6, 6.07) is 15.0. The van der Waals surface area contributed by atoms with E-state index in [1.54, 1.807) is 31.4 Å². The first-order valence-corrected chi connectivity index (χ1v) is 7.25. The van der Waals surface area contributed by atoms with Gasteiger partial charge in [-0.2, -0.15) is 0 Å². The van der Waals surface area contributed by atoms with Crippen molar-refractivity contribution in [2.75, 3.05) is 13.7 Å². The lowest BCUT2D eigenvalue weighted by molar-refractivity contribution is -0.129. The smallest absolute Gasteiger partial charge is 0.253 e. The summed E-state index contributed by atoms with van der Waals surface area (Å²) in [7, 11) is 1.55. The van der Waals surface area contributed by atoms with Crippen LogP contribution in [0.2, 0.25) is 0 Å². The SMILES string of the molecule is COc1cccc(C(O)C(=O)NCCc2cccc(C)c2)c1. The summed E-state index contributed by atoms with van der Waals surface area (Å²) < 4.78 is 5.09. The Morgan fingerprint density at radius 2 is 2.00 bits per heavy atom. The fraction of sp³-hybridized carbons (Fsp3) is 0.278. The molecule has 0 bridgehead atoms. The van der Waals surface area contributed by atoms with Gasteiger partial charge in [0.25, 0.3) is 5.91 Å². The number of carbonyl (C=O) groups is 1. The van der Waals surface area contributed by atoms with Crippen LogP contribution in [-0.4, -0.2) is 24.7 Å². The van der Waals surface area contributed by atoms with Crippen LogP contribution in [0.3, 0.4) is 0 Å². The van der Waals surface area contributed by atoms with Crippen LogP contribution in [-0.2, 0) is 11.2 Å². The topological polar surface area (TPSA) is 58.6 Å². The van der Waals surface area contributed by atoms with Crippen molar-refractivity contribution in [3.63, 3.8) is 0 Å². The zero-order chi connectivity index (χ0) is 15.9. The molecule has 0 saturated carbocycles. The molecule has 2 rings (SSSR count). The molecule has 0 radical (unpaired) electrons. The number of rotatable bonds is 6. The Labute approximate surface area is 130 Å². The Balaban J connectivity index is 1.88. The Bertz CT molecular complexity index is 640. The Morgan fingerprint density at radius 1 is 1.23 bits per heavy atom. The lowest BCUT2D eigenvalue weighted by atomic mass is 10.1. The molecule has 0 aliphatic heterocycles. The van der Waals surface area contributed by atoms with Gasteiger partial charge in [0.2, 0.25) is 0 Å². The molecule has 0 spiro atoms. The Morgan fingerprint density at radius 3 is 2.73 bits per heavy atom. The molecule has 4 heteroatoms. The van der Waals surface area contributed by atoms with Gasteiger partial charge in [-0.25, -0.2) is 0 Å². The highest BCUT2D eigenvalue weighted by molar-refractivity contribution is 5.82. The third-order valence-electron chi connectivity index (χ3n) is 3.45. The molecule has 0 saturated heterocycles. The Hall–Kier alpha value is -2.33. The molecule has 2 aromatic carbocycles. The van der Waals surface area contributed by atoms with Gasteiger partial charge >= 0.3 is 0 Å². The third-order valence-corrected chi connectivity index (χ3v) is 3.45. The first-order valence-electron chi connectivity index (χ1n) is 7.25. The molecule has 0 aromatic heterocycles. The maximum Gasteiger partial charge on any atom is 0.253 e. The summed E-state index contributed by atoms with van der Waals surface area (Å²) >= 11 is 0. The molecule has 0 fully saturated rings. The van der Waals surface area contributed by atoms with Crippen LogP contribution >= 0.6 is 0 Å². The van der Waals surface area contributed by atoms with Crippen molar-refractivity contribution in [1.82, 2.24) is 5.32 Å². The third kappa shape index (κ3) is 4.33. The highest BCUT2D eigenvalue weighted by Crippen LogP contribution is 2.19. The van der Waals surface area contributed by atoms with Gasteiger partial charge < -0.3 is 15.2 Å². The minimum Gasteiger partial charge on any atom is -0.497 e. The Kier molecular flexibility index (Phi) is 5.55. The minimum absolute atomic E-state index is 0.402. The second-order valence-corrected chi connectivity index (χ2v) is 5.21. The molecular formula is C18H21NO3. The normalized spacial score (nSPS) is 11.8. The van der Waals surface area contributed by atoms with Gasteiger partial charge in [-0.1, -0.05) is 42.0 Å². The van der Waals surface area contributed by atoms with Crippen molar-refractivity contribution in [1.29, 1.82) is 0 Å². The van der Waals surface area contributed by atoms with Crippen molar-refractivity contribution in [3.05, 3.63) is 65.2 Å². The zero-order valence-electron chi connectivity index (χ0n) is 12.9. The zero-order valence-corrected chi connectivity index (χ0v) is 12.9. The largest absolute Gasteiger partial charge is 0.497 e. The predicted molar refractivity (Wildman–Crippen MR) is 85.8 cm³/mol. The number of aliphatic hydroxyl groups excluding tert-OH is 1. The number of amides is 1. The molecule has 2 N–H and O–H groups in total. The first-order chi connectivity index (χ1) is 10.6. The van der Waals surface area contributed by atoms with Gasteiger partial charge in [-0.15, -0.1) is 0 Å². The summed E-state index contributed by atoms with van der Waals surface area (Å²) in [5, 5.41) is 12.8. The standard InChI is InChI=1S/C18H21NO3/c1-13-5-3-6-14(11-13)9-10-19-18(21)17(20)15-7-4-8-16(12-15)22-2/h3-8,11-12,17,20H,9-10H2,1-2H3,(H,19,21). The van der Waals surface area contributed by atoms with Crippen molar-refractivity contribution < 1.29 is 14.6 Å². The summed E-state index contributed by atoms with van der Waals surface area (Å²) in [4.78, 5) is 12.0. The maximum atomic E-state index is 12.0. The molecule has 0 heterocycles. The van der Waals surface area contributed by atoms with Gasteiger partial charge in [0, 0.05) is 6.54 Å². The quantitative estimate of drug-likeness (QED) is 0.861. The summed E-state index contributed by atoms with van der Waals surface area (Å²) in [5.41, 5.74) is 2.88. The van der Waals surface area contributed by atoms with E-state index < -0.39 is 12.0 Å². The number of benzene rings is 2. The summed E-state index contributed by atoms with van der Waals surface area (Å²) in [6.45, 7) is 2.53. The monoisotopic (exact) mass is 299 g/mol. The van der Waals surface area contributed by atoms with E-state index in [9.17, 15) is 9.90 Å². The average Bonchev–Trinajstić information content (AvgIpc) is 2.54. The van der Waals surface area contributed by atoms with Gasteiger partial charge in [0.1, 0.15) is 5.75 Å². The van der Waals surface area contributed by atoms with Crippen molar-refractivity contribution in [2.45, 2.75) is 19.4 Å². The van der Waals surface area contributed by atoms with Crippen LogP contribution in [0.5, 0.6) is 5.75 Å². The predicted octanol–water partition coefficient (Wildman–Crippen LogP) is 2.40. The van der Waals surface area contributed by atoms with E-state index in [0.717, 1.165) is 12.0 Å². The fourth-order valence-corrected chi connectivity index (χ4v) is 2.26. The molecule has 0 aliphatic carbocycles. The van der Waals surface area contributed by atoms with E-state index >= 15 is 0 Å². The molecule has 1 unspecified atom stereocenters. The fourth-order valence-electron chi connectivity index (χ4n) is 2.26. The second-order valence-electron chi connectivity index (χ2n) is 5.21. The summed E-state index contributed by atoms with van der Waals surface area (Å²) in [5.74, 6) is 0.213. The van der Waals surface area contributed by atoms with Crippen LogP contribution in [0, 0.1) is 6.92 Å². The van der Waals surface area contributed by atoms with E-state index in [4.69, 9.17) is 4.74 Å². The number of hydrogen-bond acceptors (Lipinski definition) is 3. The molecule has 4 nitrogen and oxygen atoms in total. The van der Waals surface area contributed by atoms with E-state index in [-0.39, 0.29) is 0 Å². The highest BCUT2D eigenvalue weighted by atomic mass is 16.5. The summed E-state index contributed by atoms with van der Waals surface area (Å²) in [6.07, 6.45) is -0.453. The van der Waals surface area contributed by atoms with Gasteiger partial charge in [-0.05, 0) is 36.6 Å². The van der Waals surface area contributed by atoms with E-state index in [2.05, 4.69) is 11.4 Å². The lowest BCUT2D eigenvalue weighted by Crippen LogP contribution is -2.31. The first kappa shape index (κ1) is 16.0. The van der Waals surface area contributed by atoms with Crippen molar-refractivity contribution in [3.8, 4) is 5.75 Å². The molecule has 1 amide bonds. The van der Waals surface area contributed by atoms with Crippen LogP contribution in [0.4, 0.5) is 0 Å². The van der Waals surface area contributed by atoms with Crippen LogP contribution in [0.15, 0.2) is 48.5 Å². The highest BCUT2D eigenvalue weighted by Gasteiger charge is 2.17. The van der Waals surface area contributed by atoms with Crippen LogP contribution in [0.25, 0.3) is 0 Å². The molecule has 116 valence electrons. The van der Waals surface area contributed by atoms with Crippen molar-refractivity contribution in [2.24, 2.45) is 0 Å². The number of carbonyl (C=O) groups excluding carboxylic acids is 1. The van der Waals surface area contributed by atoms with E-state index in [1.807, 2.05) is 25.1 Å². The van der Waals surface area contributed by atoms with Crippen molar-refractivity contribution >= 4 is 5.91 Å². The number of aryl methyl sites for hydroxylation is 1. The number of methoxy groups -OCH3 is 1. The minimum atomic E-state index is -1.19. The lowest BCUT2D eigenvalue weighted by Gasteiger charge is -2.12. The maximum absolute atomic E-state index is 12.0. The average molecular weight is 299 g/mol. The molecule has 0 aliphatic rings. The number of ether oxygens (including phenoxy) is 1. The van der Waals surface area contributed by atoms with Crippen LogP contribution < -0.4 is 10.1 Å². The van der Waals surface area contributed by atoms with Gasteiger partial charge in [-0.3, -0.25) is 4.79 Å². The molecular weight excluding hydrogens is 278 g/mol. The van der Waals surface area contributed by atoms with E-state index in [1.165, 1.54) is 5.56 Å². The number of nitrogens with one attached hydrogen (secondary N) is 1. The van der Waals surface area contributed by atoms with Gasteiger partial charge in [0.05, 0.1) is 7.11 Å². The molecule has 2 aromatic rings. The van der Waals surface area contributed by atoms with Gasteiger partial charge in [0.15, 0.2) is 6.10 Å². The number of aliphatic hydroxyl groups is 1.